The summed E-state index contributed by atoms with van der Waals surface area (Å²) in [5.74, 6) is 0. The van der Waals surface area contributed by atoms with E-state index in [9.17, 15) is 5.11 Å². The van der Waals surface area contributed by atoms with E-state index in [0.29, 0.717) is 3.92 Å². The number of aliphatic hydroxyl groups is 1. The van der Waals surface area contributed by atoms with Crippen LogP contribution < -0.4 is 0 Å². The summed E-state index contributed by atoms with van der Waals surface area (Å²) in [5.41, 5.74) is 0. The molecule has 0 aliphatic rings. The molecule has 0 amide bonds. The number of hydrogen-bond acceptors (Lipinski definition) is 1. The van der Waals surface area contributed by atoms with E-state index in [1.54, 1.807) is 0 Å². The molecule has 86 valence electrons. The fourth-order valence-corrected chi connectivity index (χ4v) is 2.34. The SMILES string of the molecule is CCCCCCCCC(I)C(O)(I)I. The summed E-state index contributed by atoms with van der Waals surface area (Å²) < 4.78 is -0.202. The Balaban J connectivity index is 3.28. The summed E-state index contributed by atoms with van der Waals surface area (Å²) in [6.07, 6.45) is 9.13. The summed E-state index contributed by atoms with van der Waals surface area (Å²) >= 11 is 6.58. The molecule has 4 heteroatoms. The van der Waals surface area contributed by atoms with E-state index in [4.69, 9.17) is 0 Å². The second-order valence-electron chi connectivity index (χ2n) is 3.61. The van der Waals surface area contributed by atoms with E-state index in [1.807, 2.05) is 0 Å². The Labute approximate surface area is 129 Å². The summed E-state index contributed by atoms with van der Waals surface area (Å²) in [6.45, 7) is 2.24. The van der Waals surface area contributed by atoms with Gasteiger partial charge < -0.3 is 5.11 Å². The van der Waals surface area contributed by atoms with Gasteiger partial charge in [-0.05, 0) is 51.6 Å². The lowest BCUT2D eigenvalue weighted by Gasteiger charge is -2.20. The maximum Gasteiger partial charge on any atom is 0.178 e. The second kappa shape index (κ2) is 9.21. The summed E-state index contributed by atoms with van der Waals surface area (Å²) in [7, 11) is 0. The van der Waals surface area contributed by atoms with Gasteiger partial charge in [-0.15, -0.1) is 0 Å². The van der Waals surface area contributed by atoms with Crippen LogP contribution in [0.4, 0.5) is 0 Å². The zero-order valence-electron chi connectivity index (χ0n) is 8.61. The van der Waals surface area contributed by atoms with Crippen molar-refractivity contribution in [2.45, 2.75) is 57.4 Å². The van der Waals surface area contributed by atoms with Crippen molar-refractivity contribution in [3.63, 3.8) is 0 Å². The first-order chi connectivity index (χ1) is 6.48. The number of alkyl halides is 3. The highest BCUT2D eigenvalue weighted by atomic mass is 127. The maximum atomic E-state index is 9.69. The average Bonchev–Trinajstić information content (AvgIpc) is 2.09. The van der Waals surface area contributed by atoms with Gasteiger partial charge in [0.15, 0.2) is 1.61 Å². The fraction of sp³-hybridized carbons (Fsp3) is 1.00. The highest BCUT2D eigenvalue weighted by Gasteiger charge is 2.27. The minimum Gasteiger partial charge on any atom is -0.370 e. The Hall–Kier alpha value is 2.15. The summed E-state index contributed by atoms with van der Waals surface area (Å²) in [5, 5.41) is 9.69. The van der Waals surface area contributed by atoms with Gasteiger partial charge in [-0.25, -0.2) is 0 Å². The highest BCUT2D eigenvalue weighted by molar-refractivity contribution is 14.2. The molecular formula is C10H19I3O. The van der Waals surface area contributed by atoms with E-state index in [1.165, 1.54) is 38.5 Å². The van der Waals surface area contributed by atoms with Gasteiger partial charge in [0.1, 0.15) is 0 Å². The third-order valence-electron chi connectivity index (χ3n) is 2.19. The van der Waals surface area contributed by atoms with Gasteiger partial charge in [0.25, 0.3) is 0 Å². The normalized spacial score (nSPS) is 14.4. The van der Waals surface area contributed by atoms with Gasteiger partial charge in [-0.1, -0.05) is 68.0 Å². The Bertz CT molecular complexity index is 134. The van der Waals surface area contributed by atoms with Crippen molar-refractivity contribution in [1.82, 2.24) is 0 Å². The molecule has 0 spiro atoms. The molecular weight excluding hydrogens is 517 g/mol. The van der Waals surface area contributed by atoms with Crippen molar-refractivity contribution < 1.29 is 5.11 Å². The molecule has 1 unspecified atom stereocenters. The van der Waals surface area contributed by atoms with E-state index >= 15 is 0 Å². The molecule has 1 N–H and O–H groups in total. The number of hydrogen-bond donors (Lipinski definition) is 1. The molecule has 0 aromatic heterocycles. The van der Waals surface area contributed by atoms with Crippen LogP contribution in [0.1, 0.15) is 51.9 Å². The van der Waals surface area contributed by atoms with Crippen LogP contribution in [0.5, 0.6) is 0 Å². The van der Waals surface area contributed by atoms with E-state index < -0.39 is 1.61 Å². The van der Waals surface area contributed by atoms with Crippen LogP contribution in [0, 0.1) is 0 Å². The van der Waals surface area contributed by atoms with Crippen molar-refractivity contribution in [3.05, 3.63) is 0 Å². The van der Waals surface area contributed by atoms with Crippen molar-refractivity contribution in [2.75, 3.05) is 0 Å². The van der Waals surface area contributed by atoms with Gasteiger partial charge in [-0.3, -0.25) is 0 Å². The van der Waals surface area contributed by atoms with Crippen LogP contribution in [0.15, 0.2) is 0 Å². The summed E-state index contributed by atoms with van der Waals surface area (Å²) in [4.78, 5) is 0. The third-order valence-corrected chi connectivity index (χ3v) is 7.60. The van der Waals surface area contributed by atoms with Crippen LogP contribution >= 0.6 is 67.8 Å². The van der Waals surface area contributed by atoms with Crippen molar-refractivity contribution in [2.24, 2.45) is 0 Å². The molecule has 1 atom stereocenters. The predicted octanol–water partition coefficient (Wildman–Crippen LogP) is 5.06. The molecule has 0 saturated heterocycles. The Morgan fingerprint density at radius 3 is 2.07 bits per heavy atom. The van der Waals surface area contributed by atoms with E-state index in [0.717, 1.165) is 6.42 Å². The van der Waals surface area contributed by atoms with Crippen molar-refractivity contribution in [3.8, 4) is 0 Å². The number of halogens is 3. The lowest BCUT2D eigenvalue weighted by molar-refractivity contribution is 0.259. The second-order valence-corrected chi connectivity index (χ2v) is 10.5. The molecule has 0 rings (SSSR count). The smallest absolute Gasteiger partial charge is 0.178 e. The van der Waals surface area contributed by atoms with Crippen LogP contribution in [0.3, 0.4) is 0 Å². The van der Waals surface area contributed by atoms with Gasteiger partial charge >= 0.3 is 0 Å². The zero-order chi connectivity index (χ0) is 11.0. The zero-order valence-corrected chi connectivity index (χ0v) is 15.1. The van der Waals surface area contributed by atoms with Gasteiger partial charge in [0, 0.05) is 0 Å². The molecule has 0 saturated carbocycles. The fourth-order valence-electron chi connectivity index (χ4n) is 1.28. The number of rotatable bonds is 8. The van der Waals surface area contributed by atoms with Crippen LogP contribution in [0.25, 0.3) is 0 Å². The molecule has 0 bridgehead atoms. The Morgan fingerprint density at radius 2 is 1.57 bits per heavy atom. The molecule has 14 heavy (non-hydrogen) atoms. The third kappa shape index (κ3) is 9.38. The van der Waals surface area contributed by atoms with Crippen molar-refractivity contribution in [1.29, 1.82) is 0 Å². The standard InChI is InChI=1S/C10H19I3O/c1-2-3-4-5-6-7-8-9(11)10(12,13)14/h9,14H,2-8H2,1H3. The topological polar surface area (TPSA) is 20.2 Å². The molecule has 0 aromatic rings. The molecule has 0 heterocycles. The highest BCUT2D eigenvalue weighted by Crippen LogP contribution is 2.36. The van der Waals surface area contributed by atoms with E-state index in [2.05, 4.69) is 74.7 Å². The molecule has 1 nitrogen and oxygen atoms in total. The first-order valence-corrected chi connectivity index (χ1v) is 8.63. The lowest BCUT2D eigenvalue weighted by Crippen LogP contribution is -2.23. The monoisotopic (exact) mass is 536 g/mol. The molecule has 0 aliphatic heterocycles. The number of unbranched alkanes of at least 4 members (excludes halogenated alkanes) is 5. The van der Waals surface area contributed by atoms with Crippen LogP contribution in [0.2, 0.25) is 0 Å². The summed E-state index contributed by atoms with van der Waals surface area (Å²) in [6, 6.07) is 0. The molecule has 0 aromatic carbocycles. The van der Waals surface area contributed by atoms with Gasteiger partial charge in [0.2, 0.25) is 0 Å². The quantitative estimate of drug-likeness (QED) is 0.262. The first-order valence-electron chi connectivity index (χ1n) is 5.22. The van der Waals surface area contributed by atoms with Gasteiger partial charge in [-0.2, -0.15) is 0 Å². The molecule has 0 radical (unpaired) electrons. The van der Waals surface area contributed by atoms with Crippen LogP contribution in [-0.4, -0.2) is 10.6 Å². The Kier molecular flexibility index (Phi) is 10.6. The van der Waals surface area contributed by atoms with Crippen LogP contribution in [-0.2, 0) is 0 Å². The predicted molar refractivity (Wildman–Crippen MR) is 88.8 cm³/mol. The Morgan fingerprint density at radius 1 is 1.07 bits per heavy atom. The first kappa shape index (κ1) is 16.1. The molecule has 0 fully saturated rings. The van der Waals surface area contributed by atoms with Gasteiger partial charge in [0.05, 0.1) is 3.92 Å². The molecule has 0 aliphatic carbocycles. The maximum absolute atomic E-state index is 9.69. The lowest BCUT2D eigenvalue weighted by atomic mass is 10.1. The van der Waals surface area contributed by atoms with E-state index in [-0.39, 0.29) is 0 Å². The average molecular weight is 536 g/mol. The minimum absolute atomic E-state index is 0.368. The minimum atomic E-state index is -0.570. The van der Waals surface area contributed by atoms with Crippen molar-refractivity contribution >= 4 is 67.8 Å². The largest absolute Gasteiger partial charge is 0.370 e.